The second-order valence-corrected chi connectivity index (χ2v) is 7.54. The van der Waals surface area contributed by atoms with Crippen molar-refractivity contribution in [1.82, 2.24) is 4.98 Å². The van der Waals surface area contributed by atoms with E-state index >= 15 is 0 Å². The molecule has 5 nitrogen and oxygen atoms in total. The first-order valence-electron chi connectivity index (χ1n) is 9.93. The second-order valence-electron chi connectivity index (χ2n) is 7.54. The quantitative estimate of drug-likeness (QED) is 0.607. The largest absolute Gasteiger partial charge is 0.511 e. The Bertz CT molecular complexity index is 835. The highest BCUT2D eigenvalue weighted by atomic mass is 16.7. The van der Waals surface area contributed by atoms with Gasteiger partial charge in [-0.2, -0.15) is 0 Å². The fourth-order valence-corrected chi connectivity index (χ4v) is 4.42. The molecule has 1 aromatic carbocycles. The number of hydrogen-bond acceptors (Lipinski definition) is 4. The van der Waals surface area contributed by atoms with Crippen molar-refractivity contribution in [3.05, 3.63) is 41.6 Å². The minimum Gasteiger partial charge on any atom is -0.449 e. The molecule has 4 rings (SSSR count). The van der Waals surface area contributed by atoms with Gasteiger partial charge in [-0.1, -0.05) is 36.8 Å². The van der Waals surface area contributed by atoms with Gasteiger partial charge in [0.15, 0.2) is 11.6 Å². The van der Waals surface area contributed by atoms with Crippen molar-refractivity contribution in [1.29, 1.82) is 0 Å². The second kappa shape index (κ2) is 7.59. The lowest BCUT2D eigenvalue weighted by atomic mass is 9.94. The van der Waals surface area contributed by atoms with Crippen molar-refractivity contribution in [2.45, 2.75) is 57.9 Å². The highest BCUT2D eigenvalue weighted by molar-refractivity contribution is 5.83. The zero-order chi connectivity index (χ0) is 18.8. The van der Waals surface area contributed by atoms with Crippen LogP contribution in [-0.2, 0) is 12.8 Å². The van der Waals surface area contributed by atoms with E-state index in [0.717, 1.165) is 67.5 Å². The molecule has 0 amide bonds. The van der Waals surface area contributed by atoms with E-state index in [1.807, 2.05) is 30.3 Å². The Morgan fingerprint density at radius 1 is 1.15 bits per heavy atom. The van der Waals surface area contributed by atoms with Crippen LogP contribution in [-0.4, -0.2) is 28.8 Å². The lowest BCUT2D eigenvalue weighted by Gasteiger charge is -2.28. The summed E-state index contributed by atoms with van der Waals surface area (Å²) in [4.78, 5) is 18.8. The third-order valence-corrected chi connectivity index (χ3v) is 5.74. The molecule has 1 aliphatic carbocycles. The molecule has 5 heteroatoms. The van der Waals surface area contributed by atoms with Crippen molar-refractivity contribution in [2.24, 2.45) is 0 Å². The molecule has 1 N–H and O–H groups in total. The number of carboxylic acid groups (broad SMARTS) is 1. The Kier molecular flexibility index (Phi) is 5.01. The van der Waals surface area contributed by atoms with Gasteiger partial charge in [0, 0.05) is 23.8 Å². The Balaban J connectivity index is 1.98. The molecule has 0 spiro atoms. The van der Waals surface area contributed by atoms with Gasteiger partial charge in [0.1, 0.15) is 0 Å². The summed E-state index contributed by atoms with van der Waals surface area (Å²) in [5, 5.41) is 9.46. The summed E-state index contributed by atoms with van der Waals surface area (Å²) in [6.07, 6.45) is 6.16. The van der Waals surface area contributed by atoms with Crippen molar-refractivity contribution >= 4 is 12.0 Å². The molecule has 2 aliphatic rings. The third kappa shape index (κ3) is 3.51. The Hall–Kier alpha value is -2.56. The van der Waals surface area contributed by atoms with Crippen molar-refractivity contribution < 1.29 is 14.6 Å². The minimum absolute atomic E-state index is 0.334. The van der Waals surface area contributed by atoms with Crippen LogP contribution < -0.4 is 9.64 Å². The molecule has 2 aromatic rings. The van der Waals surface area contributed by atoms with Gasteiger partial charge < -0.3 is 14.7 Å². The van der Waals surface area contributed by atoms with Crippen LogP contribution in [0.2, 0.25) is 0 Å². The molecule has 1 saturated heterocycles. The molecule has 0 saturated carbocycles. The van der Waals surface area contributed by atoms with E-state index in [2.05, 4.69) is 11.8 Å². The predicted octanol–water partition coefficient (Wildman–Crippen LogP) is 5.06. The van der Waals surface area contributed by atoms with Crippen LogP contribution in [0.15, 0.2) is 30.3 Å². The van der Waals surface area contributed by atoms with Crippen LogP contribution in [0.1, 0.15) is 50.3 Å². The number of aryl methyl sites for hydroxylation is 1. The van der Waals surface area contributed by atoms with E-state index in [4.69, 9.17) is 9.72 Å². The van der Waals surface area contributed by atoms with Gasteiger partial charge in [0.05, 0.1) is 0 Å². The number of benzene rings is 1. The highest BCUT2D eigenvalue weighted by Crippen LogP contribution is 2.44. The molecule has 142 valence electrons. The predicted molar refractivity (Wildman–Crippen MR) is 106 cm³/mol. The van der Waals surface area contributed by atoms with Gasteiger partial charge in [-0.15, -0.1) is 0 Å². The molecule has 27 heavy (non-hydrogen) atoms. The Labute approximate surface area is 160 Å². The van der Waals surface area contributed by atoms with Crippen LogP contribution in [0.3, 0.4) is 0 Å². The zero-order valence-corrected chi connectivity index (χ0v) is 15.8. The Morgan fingerprint density at radius 3 is 2.63 bits per heavy atom. The van der Waals surface area contributed by atoms with Crippen LogP contribution >= 0.6 is 0 Å². The average molecular weight is 366 g/mol. The van der Waals surface area contributed by atoms with Crippen molar-refractivity contribution in [2.75, 3.05) is 11.4 Å². The number of hydrogen-bond donors (Lipinski definition) is 1. The number of anilines is 1. The maximum Gasteiger partial charge on any atom is 0.511 e. The van der Waals surface area contributed by atoms with Crippen LogP contribution in [0.25, 0.3) is 11.1 Å². The van der Waals surface area contributed by atoms with E-state index in [1.54, 1.807) is 0 Å². The molecule has 1 aromatic heterocycles. The van der Waals surface area contributed by atoms with E-state index in [0.29, 0.717) is 17.6 Å². The zero-order valence-electron chi connectivity index (χ0n) is 15.8. The lowest BCUT2D eigenvalue weighted by molar-refractivity contribution is 0.144. The average Bonchev–Trinajstić information content (AvgIpc) is 2.94. The number of nitrogens with zero attached hydrogens (tertiary/aromatic N) is 2. The fraction of sp³-hybridized carbons (Fsp3) is 0.455. The summed E-state index contributed by atoms with van der Waals surface area (Å²) in [5.74, 6) is 1.10. The lowest BCUT2D eigenvalue weighted by Crippen LogP contribution is -2.29. The minimum atomic E-state index is -1.28. The number of carbonyl (C=O) groups is 1. The molecule has 2 heterocycles. The first-order chi connectivity index (χ1) is 13.1. The third-order valence-electron chi connectivity index (χ3n) is 5.74. The number of ether oxygens (including phenoxy) is 1. The normalized spacial score (nSPS) is 19.4. The smallest absolute Gasteiger partial charge is 0.449 e. The van der Waals surface area contributed by atoms with E-state index in [9.17, 15) is 9.90 Å². The van der Waals surface area contributed by atoms with Gasteiger partial charge in [-0.25, -0.2) is 9.78 Å². The summed E-state index contributed by atoms with van der Waals surface area (Å²) in [5.41, 5.74) is 4.19. The molecule has 0 bridgehead atoms. The van der Waals surface area contributed by atoms with Crippen molar-refractivity contribution in [3.8, 4) is 16.9 Å². The number of rotatable bonds is 3. The first kappa shape index (κ1) is 17.8. The maximum atomic E-state index is 11.6. The molecular formula is C22H26N2O3. The van der Waals surface area contributed by atoms with E-state index in [-0.39, 0.29) is 0 Å². The molecule has 1 atom stereocenters. The monoisotopic (exact) mass is 366 g/mol. The number of pyridine rings is 1. The molecule has 1 aliphatic heterocycles. The molecule has 0 radical (unpaired) electrons. The van der Waals surface area contributed by atoms with E-state index in [1.165, 1.54) is 6.42 Å². The summed E-state index contributed by atoms with van der Waals surface area (Å²) in [6.45, 7) is 3.06. The Morgan fingerprint density at radius 2 is 1.93 bits per heavy atom. The standard InChI is InChI=1S/C22H26N2O3/c1-15-9-8-14-24(15)21-20(27-22(25)26)19(16-10-4-2-5-11-16)17-12-6-3-7-13-18(17)23-21/h2,4-5,10-11,15H,3,6-9,12-14H2,1H3,(H,25,26). The molecule has 1 fully saturated rings. The van der Waals surface area contributed by atoms with Crippen LogP contribution in [0.5, 0.6) is 5.75 Å². The summed E-state index contributed by atoms with van der Waals surface area (Å²) in [6, 6.07) is 10.4. The SMILES string of the molecule is CC1CCCN1c1nc2c(c(-c3ccccc3)c1OC(=O)O)CCCCC2. The van der Waals surface area contributed by atoms with Gasteiger partial charge in [0.2, 0.25) is 0 Å². The summed E-state index contributed by atoms with van der Waals surface area (Å²) in [7, 11) is 0. The molecule has 1 unspecified atom stereocenters. The van der Waals surface area contributed by atoms with Crippen LogP contribution in [0, 0.1) is 0 Å². The number of aromatic nitrogens is 1. The first-order valence-corrected chi connectivity index (χ1v) is 9.93. The van der Waals surface area contributed by atoms with Gasteiger partial charge in [0.25, 0.3) is 0 Å². The maximum absolute atomic E-state index is 11.6. The van der Waals surface area contributed by atoms with Gasteiger partial charge >= 0.3 is 6.16 Å². The summed E-state index contributed by atoms with van der Waals surface area (Å²) < 4.78 is 5.41. The highest BCUT2D eigenvalue weighted by Gasteiger charge is 2.31. The van der Waals surface area contributed by atoms with Gasteiger partial charge in [-0.05, 0) is 56.6 Å². The topological polar surface area (TPSA) is 62.7 Å². The molecular weight excluding hydrogens is 340 g/mol. The van der Waals surface area contributed by atoms with Gasteiger partial charge in [-0.3, -0.25) is 0 Å². The van der Waals surface area contributed by atoms with Crippen LogP contribution in [0.4, 0.5) is 10.6 Å². The van der Waals surface area contributed by atoms with E-state index < -0.39 is 6.16 Å². The summed E-state index contributed by atoms with van der Waals surface area (Å²) >= 11 is 0. The fourth-order valence-electron chi connectivity index (χ4n) is 4.42. The number of fused-ring (bicyclic) bond motifs is 1. The van der Waals surface area contributed by atoms with Crippen molar-refractivity contribution in [3.63, 3.8) is 0 Å².